The van der Waals surface area contributed by atoms with E-state index in [1.807, 2.05) is 0 Å². The molecule has 0 radical (unpaired) electrons. The van der Waals surface area contributed by atoms with E-state index in [9.17, 15) is 32.3 Å². The molecule has 0 unspecified atom stereocenters. The Kier molecular flexibility index (Phi) is 5.38. The molecule has 3 rings (SSSR count). The lowest BCUT2D eigenvalue weighted by molar-refractivity contribution is -0.153. The number of pyridine rings is 1. The van der Waals surface area contributed by atoms with Gasteiger partial charge in [-0.2, -0.15) is 13.2 Å². The number of rotatable bonds is 5. The number of aromatic carboxylic acids is 1. The molecule has 0 bridgehead atoms. The summed E-state index contributed by atoms with van der Waals surface area (Å²) in [6.07, 6.45) is -4.68. The van der Waals surface area contributed by atoms with Crippen LogP contribution in [0.4, 0.5) is 23.2 Å². The molecule has 2 aromatic heterocycles. The number of nitrogens with one attached hydrogen (secondary N) is 1. The summed E-state index contributed by atoms with van der Waals surface area (Å²) in [6, 6.07) is 6.01. The first-order chi connectivity index (χ1) is 14.0. The lowest BCUT2D eigenvalue weighted by Gasteiger charge is -2.11. The molecular weight excluding hydrogens is 410 g/mol. The van der Waals surface area contributed by atoms with Crippen molar-refractivity contribution in [3.63, 3.8) is 0 Å². The smallest absolute Gasteiger partial charge is 0.422 e. The highest BCUT2D eigenvalue weighted by Gasteiger charge is 2.32. The molecule has 11 heteroatoms. The fraction of sp³-hybridized carbons (Fsp3) is 0.211. The number of carbonyl (C=O) groups is 2. The number of carbonyl (C=O) groups excluding carboxylic acids is 1. The van der Waals surface area contributed by atoms with Crippen LogP contribution in [-0.4, -0.2) is 39.3 Å². The fourth-order valence-electron chi connectivity index (χ4n) is 2.86. The lowest BCUT2D eigenvalue weighted by Crippen LogP contribution is -2.20. The number of alkyl halides is 3. The van der Waals surface area contributed by atoms with Crippen LogP contribution in [0.25, 0.3) is 11.0 Å². The lowest BCUT2D eigenvalue weighted by atomic mass is 10.2. The maximum Gasteiger partial charge on any atom is 0.422 e. The van der Waals surface area contributed by atoms with Crippen molar-refractivity contribution in [2.75, 3.05) is 11.9 Å². The molecule has 158 valence electrons. The average molecular weight is 425 g/mol. The highest BCUT2D eigenvalue weighted by molar-refractivity contribution is 6.06. The summed E-state index contributed by atoms with van der Waals surface area (Å²) in [4.78, 5) is 28.2. The van der Waals surface area contributed by atoms with Crippen LogP contribution in [-0.2, 0) is 7.05 Å². The van der Waals surface area contributed by atoms with Gasteiger partial charge < -0.3 is 19.7 Å². The van der Waals surface area contributed by atoms with Gasteiger partial charge in [-0.15, -0.1) is 0 Å². The van der Waals surface area contributed by atoms with Crippen molar-refractivity contribution in [2.45, 2.75) is 13.1 Å². The molecule has 0 atom stereocenters. The molecule has 0 aliphatic heterocycles. The standard InChI is InChI=1S/C19H15F4N3O4/c1-9-13(25-17(27)10-3-5-11(20)6-4-10)7-12-15(30-8-19(21,22)23)14(18(28)29)26(2)16(12)24-9/h3-7H,8H2,1-2H3,(H,25,27)(H,28,29). The highest BCUT2D eigenvalue weighted by Crippen LogP contribution is 2.35. The topological polar surface area (TPSA) is 93.4 Å². The summed E-state index contributed by atoms with van der Waals surface area (Å²) in [5.74, 6) is -3.14. The molecular formula is C19H15F4N3O4. The van der Waals surface area contributed by atoms with Crippen molar-refractivity contribution < 1.29 is 37.0 Å². The third-order valence-corrected chi connectivity index (χ3v) is 4.24. The van der Waals surface area contributed by atoms with Gasteiger partial charge in [0.15, 0.2) is 18.1 Å². The Morgan fingerprint density at radius 3 is 2.43 bits per heavy atom. The summed E-state index contributed by atoms with van der Waals surface area (Å²) in [5, 5.41) is 11.9. The summed E-state index contributed by atoms with van der Waals surface area (Å²) < 4.78 is 56.8. The van der Waals surface area contributed by atoms with Crippen molar-refractivity contribution in [1.29, 1.82) is 0 Å². The minimum atomic E-state index is -4.68. The molecule has 0 aliphatic rings. The predicted molar refractivity (Wildman–Crippen MR) is 98.3 cm³/mol. The van der Waals surface area contributed by atoms with Crippen LogP contribution in [0, 0.1) is 12.7 Å². The molecule has 0 aliphatic carbocycles. The van der Waals surface area contributed by atoms with Gasteiger partial charge in [0.1, 0.15) is 11.5 Å². The average Bonchev–Trinajstić information content (AvgIpc) is 2.91. The first-order valence-corrected chi connectivity index (χ1v) is 8.47. The van der Waals surface area contributed by atoms with E-state index in [4.69, 9.17) is 4.74 Å². The largest absolute Gasteiger partial charge is 0.481 e. The Bertz CT molecular complexity index is 1140. The first kappa shape index (κ1) is 21.1. The normalized spacial score (nSPS) is 11.5. The molecule has 0 saturated carbocycles. The van der Waals surface area contributed by atoms with Gasteiger partial charge in [-0.05, 0) is 37.3 Å². The van der Waals surface area contributed by atoms with Crippen molar-refractivity contribution >= 4 is 28.6 Å². The zero-order chi connectivity index (χ0) is 22.2. The summed E-state index contributed by atoms with van der Waals surface area (Å²) >= 11 is 0. The maximum atomic E-state index is 13.0. The molecule has 0 spiro atoms. The molecule has 2 N–H and O–H groups in total. The molecule has 30 heavy (non-hydrogen) atoms. The van der Waals surface area contributed by atoms with Gasteiger partial charge in [0.2, 0.25) is 0 Å². The van der Waals surface area contributed by atoms with Gasteiger partial charge in [-0.25, -0.2) is 14.2 Å². The van der Waals surface area contributed by atoms with Crippen LogP contribution in [0.15, 0.2) is 30.3 Å². The second-order valence-corrected chi connectivity index (χ2v) is 6.40. The second kappa shape index (κ2) is 7.65. The SMILES string of the molecule is Cc1nc2c(cc1NC(=O)c1ccc(F)cc1)c(OCC(F)(F)F)c(C(=O)O)n2C. The minimum Gasteiger partial charge on any atom is -0.481 e. The number of anilines is 1. The zero-order valence-electron chi connectivity index (χ0n) is 15.7. The fourth-order valence-corrected chi connectivity index (χ4v) is 2.86. The number of hydrogen-bond donors (Lipinski definition) is 2. The number of aryl methyl sites for hydroxylation is 2. The van der Waals surface area contributed by atoms with E-state index in [-0.39, 0.29) is 28.0 Å². The Morgan fingerprint density at radius 1 is 1.23 bits per heavy atom. The number of fused-ring (bicyclic) bond motifs is 1. The van der Waals surface area contributed by atoms with Crippen LogP contribution in [0.2, 0.25) is 0 Å². The van der Waals surface area contributed by atoms with E-state index >= 15 is 0 Å². The molecule has 0 saturated heterocycles. The Labute approximate surface area is 166 Å². The van der Waals surface area contributed by atoms with Crippen LogP contribution in [0.1, 0.15) is 26.5 Å². The second-order valence-electron chi connectivity index (χ2n) is 6.40. The Morgan fingerprint density at radius 2 is 1.87 bits per heavy atom. The number of ether oxygens (including phenoxy) is 1. The van der Waals surface area contributed by atoms with Crippen LogP contribution < -0.4 is 10.1 Å². The van der Waals surface area contributed by atoms with E-state index in [1.165, 1.54) is 32.2 Å². The van der Waals surface area contributed by atoms with Crippen molar-refractivity contribution in [2.24, 2.45) is 7.05 Å². The van der Waals surface area contributed by atoms with Gasteiger partial charge in [-0.1, -0.05) is 0 Å². The van der Waals surface area contributed by atoms with E-state index in [1.54, 1.807) is 0 Å². The zero-order valence-corrected chi connectivity index (χ0v) is 15.7. The van der Waals surface area contributed by atoms with Crippen LogP contribution in [0.3, 0.4) is 0 Å². The van der Waals surface area contributed by atoms with E-state index in [0.29, 0.717) is 0 Å². The number of halogens is 4. The van der Waals surface area contributed by atoms with E-state index in [2.05, 4.69) is 10.3 Å². The Hall–Kier alpha value is -3.63. The first-order valence-electron chi connectivity index (χ1n) is 8.47. The number of hydrogen-bond acceptors (Lipinski definition) is 4. The molecule has 1 aromatic carbocycles. The predicted octanol–water partition coefficient (Wildman–Crippen LogP) is 3.91. The maximum absolute atomic E-state index is 13.0. The summed E-state index contributed by atoms with van der Waals surface area (Å²) in [7, 11) is 1.33. The molecule has 7 nitrogen and oxygen atoms in total. The monoisotopic (exact) mass is 425 g/mol. The number of amides is 1. The van der Waals surface area contributed by atoms with Gasteiger partial charge in [0, 0.05) is 12.6 Å². The highest BCUT2D eigenvalue weighted by atomic mass is 19.4. The van der Waals surface area contributed by atoms with Crippen molar-refractivity contribution in [3.05, 3.63) is 53.1 Å². The number of aromatic nitrogens is 2. The molecule has 1 amide bonds. The Balaban J connectivity index is 2.06. The number of carboxylic acids is 1. The van der Waals surface area contributed by atoms with Gasteiger partial charge in [0.05, 0.1) is 16.8 Å². The number of benzene rings is 1. The molecule has 2 heterocycles. The molecule has 0 fully saturated rings. The van der Waals surface area contributed by atoms with Crippen LogP contribution >= 0.6 is 0 Å². The number of carboxylic acid groups (broad SMARTS) is 1. The quantitative estimate of drug-likeness (QED) is 0.605. The van der Waals surface area contributed by atoms with Crippen molar-refractivity contribution in [1.82, 2.24) is 9.55 Å². The van der Waals surface area contributed by atoms with Gasteiger partial charge in [-0.3, -0.25) is 4.79 Å². The molecule has 3 aromatic rings. The number of nitrogens with zero attached hydrogens (tertiary/aromatic N) is 2. The van der Waals surface area contributed by atoms with Gasteiger partial charge in [0.25, 0.3) is 5.91 Å². The van der Waals surface area contributed by atoms with Crippen molar-refractivity contribution in [3.8, 4) is 5.75 Å². The minimum absolute atomic E-state index is 0.0147. The third kappa shape index (κ3) is 4.19. The summed E-state index contributed by atoms with van der Waals surface area (Å²) in [5.41, 5.74) is 0.128. The van der Waals surface area contributed by atoms with Crippen LogP contribution in [0.5, 0.6) is 5.75 Å². The van der Waals surface area contributed by atoms with E-state index in [0.717, 1.165) is 16.7 Å². The third-order valence-electron chi connectivity index (χ3n) is 4.24. The summed E-state index contributed by atoms with van der Waals surface area (Å²) in [6.45, 7) is -0.166. The van der Waals surface area contributed by atoms with E-state index < -0.39 is 41.9 Å². The van der Waals surface area contributed by atoms with Gasteiger partial charge >= 0.3 is 12.1 Å².